The number of carbonyl (C=O) groups excluding carboxylic acids is 1. The third-order valence-electron chi connectivity index (χ3n) is 4.91. The second-order valence-electron chi connectivity index (χ2n) is 6.83. The van der Waals surface area contributed by atoms with Crippen molar-refractivity contribution in [2.75, 3.05) is 18.0 Å². The van der Waals surface area contributed by atoms with Gasteiger partial charge in [-0.25, -0.2) is 4.79 Å². The summed E-state index contributed by atoms with van der Waals surface area (Å²) < 4.78 is 0.867. The molecule has 1 amide bonds. The summed E-state index contributed by atoms with van der Waals surface area (Å²) in [5, 5.41) is 12.0. The molecule has 1 aliphatic heterocycles. The number of carbonyl (C=O) groups is 2. The lowest BCUT2D eigenvalue weighted by Gasteiger charge is -2.30. The number of hydrogen-bond acceptors (Lipinski definition) is 3. The molecular weight excluding hydrogens is 408 g/mol. The van der Waals surface area contributed by atoms with E-state index in [1.165, 1.54) is 6.42 Å². The van der Waals surface area contributed by atoms with Gasteiger partial charge in [0.25, 0.3) is 5.91 Å². The van der Waals surface area contributed by atoms with Crippen molar-refractivity contribution in [1.82, 2.24) is 5.32 Å². The standard InChI is InChI=1S/C21H23BrN2O3/c1-14(15-5-7-16(8-6-15)21(26)27)23-20(25)18-13-17(22)9-10-19(18)24-11-3-2-4-12-24/h5-10,13-14H,2-4,11-12H2,1H3,(H,23,25)(H,26,27). The number of amides is 1. The van der Waals surface area contributed by atoms with Crippen LogP contribution in [0.25, 0.3) is 0 Å². The number of nitrogens with zero attached hydrogens (tertiary/aromatic N) is 1. The molecule has 1 saturated heterocycles. The molecule has 1 unspecified atom stereocenters. The molecule has 1 atom stereocenters. The summed E-state index contributed by atoms with van der Waals surface area (Å²) >= 11 is 3.47. The maximum Gasteiger partial charge on any atom is 0.335 e. The van der Waals surface area contributed by atoms with Crippen molar-refractivity contribution in [3.63, 3.8) is 0 Å². The summed E-state index contributed by atoms with van der Waals surface area (Å²) in [5.41, 5.74) is 2.71. The van der Waals surface area contributed by atoms with Gasteiger partial charge in [-0.15, -0.1) is 0 Å². The summed E-state index contributed by atoms with van der Waals surface area (Å²) in [6, 6.07) is 12.2. The van der Waals surface area contributed by atoms with Crippen LogP contribution in [0.15, 0.2) is 46.9 Å². The van der Waals surface area contributed by atoms with Gasteiger partial charge in [-0.05, 0) is 62.1 Å². The van der Waals surface area contributed by atoms with E-state index in [1.54, 1.807) is 24.3 Å². The molecule has 0 saturated carbocycles. The Labute approximate surface area is 167 Å². The number of nitrogens with one attached hydrogen (secondary N) is 1. The van der Waals surface area contributed by atoms with E-state index in [0.717, 1.165) is 41.7 Å². The molecule has 2 N–H and O–H groups in total. The monoisotopic (exact) mass is 430 g/mol. The van der Waals surface area contributed by atoms with E-state index < -0.39 is 5.97 Å². The minimum absolute atomic E-state index is 0.133. The van der Waals surface area contributed by atoms with Crippen LogP contribution in [0, 0.1) is 0 Å². The highest BCUT2D eigenvalue weighted by atomic mass is 79.9. The Bertz CT molecular complexity index is 830. The van der Waals surface area contributed by atoms with Crippen molar-refractivity contribution in [2.45, 2.75) is 32.2 Å². The lowest BCUT2D eigenvalue weighted by molar-refractivity contribution is 0.0696. The van der Waals surface area contributed by atoms with Crippen molar-refractivity contribution >= 4 is 33.5 Å². The number of benzene rings is 2. The Hall–Kier alpha value is -2.34. The first-order valence-electron chi connectivity index (χ1n) is 9.14. The van der Waals surface area contributed by atoms with E-state index >= 15 is 0 Å². The Balaban J connectivity index is 1.78. The van der Waals surface area contributed by atoms with E-state index in [9.17, 15) is 9.59 Å². The van der Waals surface area contributed by atoms with Crippen LogP contribution in [0.3, 0.4) is 0 Å². The molecule has 0 aliphatic carbocycles. The second kappa shape index (κ2) is 8.57. The van der Waals surface area contributed by atoms with Crippen molar-refractivity contribution in [1.29, 1.82) is 0 Å². The molecule has 2 aromatic carbocycles. The van der Waals surface area contributed by atoms with Gasteiger partial charge in [0.15, 0.2) is 0 Å². The molecule has 0 aromatic heterocycles. The summed E-state index contributed by atoms with van der Waals surface area (Å²) in [7, 11) is 0. The summed E-state index contributed by atoms with van der Waals surface area (Å²) in [4.78, 5) is 26.2. The second-order valence-corrected chi connectivity index (χ2v) is 7.75. The first kappa shape index (κ1) is 19.4. The number of rotatable bonds is 5. The van der Waals surface area contributed by atoms with E-state index in [-0.39, 0.29) is 17.5 Å². The van der Waals surface area contributed by atoms with Crippen molar-refractivity contribution in [3.8, 4) is 0 Å². The van der Waals surface area contributed by atoms with Crippen molar-refractivity contribution in [2.24, 2.45) is 0 Å². The van der Waals surface area contributed by atoms with E-state index in [0.29, 0.717) is 5.56 Å². The van der Waals surface area contributed by atoms with Crippen LogP contribution < -0.4 is 10.2 Å². The SMILES string of the molecule is CC(NC(=O)c1cc(Br)ccc1N1CCCCC1)c1ccc(C(=O)O)cc1. The summed E-state index contributed by atoms with van der Waals surface area (Å²) in [5.74, 6) is -1.09. The zero-order chi connectivity index (χ0) is 19.4. The highest BCUT2D eigenvalue weighted by Gasteiger charge is 2.20. The Kier molecular flexibility index (Phi) is 6.16. The lowest BCUT2D eigenvalue weighted by atomic mass is 10.0. The highest BCUT2D eigenvalue weighted by molar-refractivity contribution is 9.10. The Morgan fingerprint density at radius 1 is 1.07 bits per heavy atom. The number of piperidine rings is 1. The number of aromatic carboxylic acids is 1. The van der Waals surface area contributed by atoms with Crippen LogP contribution in [0.5, 0.6) is 0 Å². The van der Waals surface area contributed by atoms with Crippen molar-refractivity contribution < 1.29 is 14.7 Å². The molecule has 1 heterocycles. The fraction of sp³-hybridized carbons (Fsp3) is 0.333. The molecule has 5 nitrogen and oxygen atoms in total. The van der Waals surface area contributed by atoms with E-state index in [2.05, 4.69) is 26.1 Å². The van der Waals surface area contributed by atoms with Crippen LogP contribution in [-0.2, 0) is 0 Å². The largest absolute Gasteiger partial charge is 0.478 e. The highest BCUT2D eigenvalue weighted by Crippen LogP contribution is 2.28. The molecule has 27 heavy (non-hydrogen) atoms. The molecule has 2 aromatic rings. The number of carboxylic acid groups (broad SMARTS) is 1. The molecule has 1 fully saturated rings. The molecule has 6 heteroatoms. The zero-order valence-corrected chi connectivity index (χ0v) is 16.8. The zero-order valence-electron chi connectivity index (χ0n) is 15.2. The van der Waals surface area contributed by atoms with Gasteiger partial charge in [0.05, 0.1) is 17.2 Å². The Morgan fingerprint density at radius 3 is 2.37 bits per heavy atom. The van der Waals surface area contributed by atoms with Gasteiger partial charge in [-0.3, -0.25) is 4.79 Å². The number of hydrogen-bond donors (Lipinski definition) is 2. The fourth-order valence-electron chi connectivity index (χ4n) is 3.37. The predicted molar refractivity (Wildman–Crippen MR) is 109 cm³/mol. The van der Waals surface area contributed by atoms with Crippen LogP contribution in [-0.4, -0.2) is 30.1 Å². The molecule has 1 aliphatic rings. The normalized spacial score (nSPS) is 15.3. The quantitative estimate of drug-likeness (QED) is 0.725. The lowest BCUT2D eigenvalue weighted by Crippen LogP contribution is -2.33. The topological polar surface area (TPSA) is 69.6 Å². The third kappa shape index (κ3) is 4.69. The molecule has 3 rings (SSSR count). The Morgan fingerprint density at radius 2 is 1.74 bits per heavy atom. The number of anilines is 1. The van der Waals surface area contributed by atoms with Gasteiger partial charge in [-0.2, -0.15) is 0 Å². The van der Waals surface area contributed by atoms with Gasteiger partial charge < -0.3 is 15.3 Å². The predicted octanol–water partition coefficient (Wildman–Crippen LogP) is 4.63. The first-order valence-corrected chi connectivity index (χ1v) is 9.93. The fourth-order valence-corrected chi connectivity index (χ4v) is 3.73. The van der Waals surface area contributed by atoms with Crippen LogP contribution in [0.4, 0.5) is 5.69 Å². The van der Waals surface area contributed by atoms with Crippen LogP contribution in [0.2, 0.25) is 0 Å². The van der Waals surface area contributed by atoms with Gasteiger partial charge in [-0.1, -0.05) is 28.1 Å². The van der Waals surface area contributed by atoms with Crippen LogP contribution >= 0.6 is 15.9 Å². The molecule has 0 radical (unpaired) electrons. The third-order valence-corrected chi connectivity index (χ3v) is 5.40. The van der Waals surface area contributed by atoms with Gasteiger partial charge in [0.2, 0.25) is 0 Å². The minimum atomic E-state index is -0.960. The molecular formula is C21H23BrN2O3. The molecule has 0 bridgehead atoms. The van der Waals surface area contributed by atoms with Gasteiger partial charge in [0.1, 0.15) is 0 Å². The summed E-state index contributed by atoms with van der Waals surface area (Å²) in [6.07, 6.45) is 3.52. The number of halogens is 1. The van der Waals surface area contributed by atoms with Crippen molar-refractivity contribution in [3.05, 3.63) is 63.6 Å². The van der Waals surface area contributed by atoms with Crippen LogP contribution in [0.1, 0.15) is 58.5 Å². The first-order chi connectivity index (χ1) is 13.0. The van der Waals surface area contributed by atoms with Gasteiger partial charge in [0, 0.05) is 23.2 Å². The van der Waals surface area contributed by atoms with E-state index in [1.807, 2.05) is 25.1 Å². The van der Waals surface area contributed by atoms with E-state index in [4.69, 9.17) is 5.11 Å². The smallest absolute Gasteiger partial charge is 0.335 e. The maximum absolute atomic E-state index is 13.0. The van der Waals surface area contributed by atoms with Gasteiger partial charge >= 0.3 is 5.97 Å². The molecule has 142 valence electrons. The average Bonchev–Trinajstić information content (AvgIpc) is 2.68. The maximum atomic E-state index is 13.0. The minimum Gasteiger partial charge on any atom is -0.478 e. The molecule has 0 spiro atoms. The number of carboxylic acids is 1. The summed E-state index contributed by atoms with van der Waals surface area (Å²) in [6.45, 7) is 3.83. The average molecular weight is 431 g/mol.